The standard InChI is InChI=1S/C39H49ClN4O6/c1-38(2,3)21-28(45)19-30(39(4,5)6)37(48)44-23-29(49-33-16-15-27(40)22-41-33)20-31(44)32(46)18-26(17-24-11-10-12-24)34(47)35-42-36(50-43-35)25-13-8-7-9-14-25/h7-9,13-16,22,24,26,29-31H,10-12,17-21,23H2,1-6H3/t26?,29-,30-,31+/m1/s1. The van der Waals surface area contributed by atoms with Crippen LogP contribution in [0.3, 0.4) is 0 Å². The van der Waals surface area contributed by atoms with Crippen LogP contribution in [0.15, 0.2) is 53.2 Å². The van der Waals surface area contributed by atoms with Crippen LogP contribution >= 0.6 is 11.6 Å². The summed E-state index contributed by atoms with van der Waals surface area (Å²) in [4.78, 5) is 66.3. The van der Waals surface area contributed by atoms with Gasteiger partial charge < -0.3 is 14.2 Å². The Morgan fingerprint density at radius 1 is 1.00 bits per heavy atom. The highest BCUT2D eigenvalue weighted by molar-refractivity contribution is 6.30. The van der Waals surface area contributed by atoms with Crippen LogP contribution < -0.4 is 4.74 Å². The molecule has 268 valence electrons. The van der Waals surface area contributed by atoms with Gasteiger partial charge in [0.25, 0.3) is 5.89 Å². The molecule has 1 aliphatic heterocycles. The van der Waals surface area contributed by atoms with Gasteiger partial charge in [0.15, 0.2) is 5.78 Å². The molecule has 4 atom stereocenters. The van der Waals surface area contributed by atoms with Crippen molar-refractivity contribution < 1.29 is 28.4 Å². The first kappa shape index (κ1) is 37.3. The predicted molar refractivity (Wildman–Crippen MR) is 190 cm³/mol. The summed E-state index contributed by atoms with van der Waals surface area (Å²) in [5.41, 5.74) is -0.0736. The molecule has 0 N–H and O–H groups in total. The van der Waals surface area contributed by atoms with Gasteiger partial charge in [0, 0.05) is 55.3 Å². The van der Waals surface area contributed by atoms with Crippen molar-refractivity contribution in [3.8, 4) is 17.3 Å². The van der Waals surface area contributed by atoms with Crippen molar-refractivity contribution >= 4 is 34.9 Å². The summed E-state index contributed by atoms with van der Waals surface area (Å²) in [5.74, 6) is -1.31. The van der Waals surface area contributed by atoms with E-state index in [9.17, 15) is 19.2 Å². The first-order valence-electron chi connectivity index (χ1n) is 17.6. The van der Waals surface area contributed by atoms with E-state index >= 15 is 0 Å². The lowest BCUT2D eigenvalue weighted by Gasteiger charge is -2.35. The molecule has 0 spiro atoms. The van der Waals surface area contributed by atoms with Crippen LogP contribution in [0.25, 0.3) is 11.5 Å². The fraction of sp³-hybridized carbons (Fsp3) is 0.564. The maximum absolute atomic E-state index is 14.5. The average Bonchev–Trinajstić information content (AvgIpc) is 3.69. The average molecular weight is 705 g/mol. The number of Topliss-reactive ketones (excluding diaryl/α,β-unsaturated/α-hetero) is 3. The van der Waals surface area contributed by atoms with Gasteiger partial charge >= 0.3 is 0 Å². The summed E-state index contributed by atoms with van der Waals surface area (Å²) >= 11 is 6.03. The maximum atomic E-state index is 14.5. The zero-order chi connectivity index (χ0) is 36.2. The third-order valence-corrected chi connectivity index (χ3v) is 9.96. The van der Waals surface area contributed by atoms with Crippen molar-refractivity contribution in [1.29, 1.82) is 0 Å². The summed E-state index contributed by atoms with van der Waals surface area (Å²) < 4.78 is 11.6. The van der Waals surface area contributed by atoms with E-state index in [0.717, 1.165) is 19.3 Å². The number of nitrogens with zero attached hydrogens (tertiary/aromatic N) is 4. The van der Waals surface area contributed by atoms with E-state index in [2.05, 4.69) is 15.1 Å². The van der Waals surface area contributed by atoms with Crippen molar-refractivity contribution in [3.05, 3.63) is 59.5 Å². The van der Waals surface area contributed by atoms with E-state index in [0.29, 0.717) is 35.2 Å². The number of aromatic nitrogens is 3. The minimum atomic E-state index is -0.843. The lowest BCUT2D eigenvalue weighted by atomic mass is 9.75. The maximum Gasteiger partial charge on any atom is 0.258 e. The second kappa shape index (κ2) is 15.5. The molecule has 1 saturated carbocycles. The van der Waals surface area contributed by atoms with Crippen LogP contribution in [0.5, 0.6) is 5.88 Å². The zero-order valence-electron chi connectivity index (χ0n) is 30.0. The summed E-state index contributed by atoms with van der Waals surface area (Å²) in [5, 5.41) is 4.46. The fourth-order valence-electron chi connectivity index (χ4n) is 6.89. The van der Waals surface area contributed by atoms with Crippen LogP contribution in [-0.2, 0) is 14.4 Å². The second-order valence-corrected chi connectivity index (χ2v) is 16.7. The third kappa shape index (κ3) is 9.65. The lowest BCUT2D eigenvalue weighted by molar-refractivity contribution is -0.146. The number of carbonyl (C=O) groups is 4. The van der Waals surface area contributed by atoms with E-state index in [4.69, 9.17) is 20.9 Å². The zero-order valence-corrected chi connectivity index (χ0v) is 30.7. The normalized spacial score (nSPS) is 19.5. The van der Waals surface area contributed by atoms with E-state index in [1.165, 1.54) is 6.20 Å². The fourth-order valence-corrected chi connectivity index (χ4v) is 7.00. The number of ether oxygens (including phenoxy) is 1. The minimum absolute atomic E-state index is 0.00663. The molecule has 1 aromatic carbocycles. The third-order valence-electron chi connectivity index (χ3n) is 9.74. The highest BCUT2D eigenvalue weighted by Gasteiger charge is 2.46. The molecule has 50 heavy (non-hydrogen) atoms. The molecule has 2 aromatic heterocycles. The number of halogens is 1. The minimum Gasteiger partial charge on any atom is -0.472 e. The molecule has 1 aliphatic carbocycles. The number of hydrogen-bond acceptors (Lipinski definition) is 9. The Morgan fingerprint density at radius 2 is 1.72 bits per heavy atom. The molecular formula is C39H49ClN4O6. The van der Waals surface area contributed by atoms with E-state index in [-0.39, 0.29) is 66.2 Å². The number of pyridine rings is 1. The predicted octanol–water partition coefficient (Wildman–Crippen LogP) is 7.84. The van der Waals surface area contributed by atoms with Crippen molar-refractivity contribution in [1.82, 2.24) is 20.0 Å². The largest absolute Gasteiger partial charge is 0.472 e. The number of ketones is 3. The smallest absolute Gasteiger partial charge is 0.258 e. The topological polar surface area (TPSA) is 133 Å². The Labute approximate surface area is 299 Å². The van der Waals surface area contributed by atoms with Crippen molar-refractivity contribution in [2.45, 2.75) is 105 Å². The molecule has 0 radical (unpaired) electrons. The van der Waals surface area contributed by atoms with Crippen molar-refractivity contribution in [3.63, 3.8) is 0 Å². The first-order valence-corrected chi connectivity index (χ1v) is 18.0. The molecule has 1 amide bonds. The highest BCUT2D eigenvalue weighted by atomic mass is 35.5. The molecule has 3 aromatic rings. The molecular weight excluding hydrogens is 656 g/mol. The lowest BCUT2D eigenvalue weighted by Crippen LogP contribution is -2.48. The van der Waals surface area contributed by atoms with Gasteiger partial charge in [-0.25, -0.2) is 4.98 Å². The number of rotatable bonds is 14. The number of carbonyl (C=O) groups excluding carboxylic acids is 4. The summed E-state index contributed by atoms with van der Waals surface area (Å²) in [6.45, 7) is 12.0. The van der Waals surface area contributed by atoms with Gasteiger partial charge in [0.1, 0.15) is 11.9 Å². The number of amides is 1. The van der Waals surface area contributed by atoms with Gasteiger partial charge in [-0.15, -0.1) is 0 Å². The van der Waals surface area contributed by atoms with E-state index in [1.54, 1.807) is 17.0 Å². The van der Waals surface area contributed by atoms with Gasteiger partial charge in [-0.3, -0.25) is 19.2 Å². The molecule has 1 unspecified atom stereocenters. The second-order valence-electron chi connectivity index (χ2n) is 16.2. The summed E-state index contributed by atoms with van der Waals surface area (Å²) in [7, 11) is 0. The van der Waals surface area contributed by atoms with Gasteiger partial charge in [-0.1, -0.05) is 95.8 Å². The van der Waals surface area contributed by atoms with Crippen LogP contribution in [0.4, 0.5) is 0 Å². The molecule has 5 rings (SSSR count). The van der Waals surface area contributed by atoms with Crippen molar-refractivity contribution in [2.24, 2.45) is 28.6 Å². The van der Waals surface area contributed by atoms with E-state index in [1.807, 2.05) is 71.9 Å². The Balaban J connectivity index is 1.40. The van der Waals surface area contributed by atoms with Crippen LogP contribution in [0.1, 0.15) is 104 Å². The van der Waals surface area contributed by atoms with Gasteiger partial charge in [0.2, 0.25) is 23.4 Å². The monoisotopic (exact) mass is 704 g/mol. The molecule has 2 fully saturated rings. The number of benzene rings is 1. The Kier molecular flexibility index (Phi) is 11.6. The molecule has 11 heteroatoms. The first-order chi connectivity index (χ1) is 23.6. The molecule has 0 bridgehead atoms. The quantitative estimate of drug-likeness (QED) is 0.154. The van der Waals surface area contributed by atoms with Crippen LogP contribution in [0.2, 0.25) is 5.02 Å². The Bertz CT molecular complexity index is 1660. The van der Waals surface area contributed by atoms with Gasteiger partial charge in [-0.2, -0.15) is 4.98 Å². The molecule has 2 aliphatic rings. The Morgan fingerprint density at radius 3 is 2.32 bits per heavy atom. The number of likely N-dealkylation sites (tertiary alicyclic amines) is 1. The van der Waals surface area contributed by atoms with Crippen LogP contribution in [-0.4, -0.2) is 62.0 Å². The SMILES string of the molecule is CC(C)(C)CC(=O)C[C@H](C(=O)N1C[C@H](Oc2ccc(Cl)cn2)C[C@H]1C(=O)CC(CC1CCC1)C(=O)c1noc(-c2ccccc2)n1)C(C)(C)C. The molecule has 3 heterocycles. The van der Waals surface area contributed by atoms with E-state index < -0.39 is 29.4 Å². The highest BCUT2D eigenvalue weighted by Crippen LogP contribution is 2.38. The van der Waals surface area contributed by atoms with Crippen LogP contribution in [0, 0.1) is 28.6 Å². The van der Waals surface area contributed by atoms with Gasteiger partial charge in [-0.05, 0) is 41.4 Å². The molecule has 10 nitrogen and oxygen atoms in total. The van der Waals surface area contributed by atoms with Crippen molar-refractivity contribution in [2.75, 3.05) is 6.54 Å². The number of hydrogen-bond donors (Lipinski definition) is 0. The van der Waals surface area contributed by atoms with Gasteiger partial charge in [0.05, 0.1) is 17.6 Å². The summed E-state index contributed by atoms with van der Waals surface area (Å²) in [6.07, 6.45) is 5.12. The Hall–Kier alpha value is -3.92. The molecule has 1 saturated heterocycles. The summed E-state index contributed by atoms with van der Waals surface area (Å²) in [6, 6.07) is 11.7.